The van der Waals surface area contributed by atoms with Gasteiger partial charge in [0.15, 0.2) is 6.10 Å². The molecule has 2 atom stereocenters. The summed E-state index contributed by atoms with van der Waals surface area (Å²) in [7, 11) is -3.21. The third-order valence-corrected chi connectivity index (χ3v) is 10.5. The van der Waals surface area contributed by atoms with Gasteiger partial charge in [0.05, 0.1) is 6.61 Å². The molecule has 0 amide bonds. The summed E-state index contributed by atoms with van der Waals surface area (Å²) >= 11 is 0. The van der Waals surface area contributed by atoms with E-state index in [1.807, 2.05) is 0 Å². The second-order valence-electron chi connectivity index (χ2n) is 14.8. The summed E-state index contributed by atoms with van der Waals surface area (Å²) in [5.74, 6) is -0.824. The van der Waals surface area contributed by atoms with Crippen molar-refractivity contribution in [1.82, 2.24) is 0 Å². The third kappa shape index (κ3) is 41.5. The summed E-state index contributed by atoms with van der Waals surface area (Å²) in [6.45, 7) is 3.77. The average Bonchev–Trinajstić information content (AvgIpc) is 3.18. The number of rotatable bonds is 41. The minimum absolute atomic E-state index is 0.224. The van der Waals surface area contributed by atoms with Crippen molar-refractivity contribution in [2.45, 2.75) is 213 Å². The Balaban J connectivity index is 3.96. The molecule has 0 heterocycles. The number of esters is 2. The fourth-order valence-electron chi connectivity index (χ4n) is 6.14. The molecule has 0 aromatic carbocycles. The molecular formula is C46H83O8P. The first-order valence-electron chi connectivity index (χ1n) is 22.3. The van der Waals surface area contributed by atoms with Gasteiger partial charge in [-0.15, -0.1) is 0 Å². The average molecular weight is 795 g/mol. The van der Waals surface area contributed by atoms with Gasteiger partial charge < -0.3 is 14.4 Å². The number of carbonyl (C=O) groups is 2. The summed E-state index contributed by atoms with van der Waals surface area (Å²) in [5, 5.41) is 0. The third-order valence-electron chi connectivity index (χ3n) is 9.56. The molecule has 0 aromatic heterocycles. The maximum atomic E-state index is 12.5. The van der Waals surface area contributed by atoms with E-state index in [4.69, 9.17) is 14.0 Å². The normalized spacial score (nSPS) is 13.7. The summed E-state index contributed by atoms with van der Waals surface area (Å²) < 4.78 is 32.0. The molecule has 9 heteroatoms. The van der Waals surface area contributed by atoms with Crippen LogP contribution in [0.15, 0.2) is 48.6 Å². The summed E-state index contributed by atoms with van der Waals surface area (Å²) in [4.78, 5) is 34.5. The van der Waals surface area contributed by atoms with Crippen molar-refractivity contribution in [2.75, 3.05) is 20.3 Å². The number of phosphoric ester groups is 1. The molecule has 55 heavy (non-hydrogen) atoms. The molecule has 320 valence electrons. The number of phosphoric acid groups is 1. The summed E-state index contributed by atoms with van der Waals surface area (Å²) in [5.41, 5.74) is 0. The highest BCUT2D eigenvalue weighted by Gasteiger charge is 2.24. The van der Waals surface area contributed by atoms with E-state index < -0.39 is 26.5 Å². The highest BCUT2D eigenvalue weighted by molar-refractivity contribution is 7.47. The van der Waals surface area contributed by atoms with E-state index in [-0.39, 0.29) is 25.4 Å². The van der Waals surface area contributed by atoms with Crippen LogP contribution >= 0.6 is 7.82 Å². The second-order valence-corrected chi connectivity index (χ2v) is 16.4. The predicted molar refractivity (Wildman–Crippen MR) is 230 cm³/mol. The van der Waals surface area contributed by atoms with Crippen molar-refractivity contribution in [3.05, 3.63) is 48.6 Å². The van der Waals surface area contributed by atoms with Crippen LogP contribution in [0.5, 0.6) is 0 Å². The first-order chi connectivity index (χ1) is 26.8. The fourth-order valence-corrected chi connectivity index (χ4v) is 6.60. The van der Waals surface area contributed by atoms with Gasteiger partial charge in [0, 0.05) is 20.0 Å². The largest absolute Gasteiger partial charge is 0.472 e. The van der Waals surface area contributed by atoms with Gasteiger partial charge in [-0.1, -0.05) is 172 Å². The van der Waals surface area contributed by atoms with Crippen molar-refractivity contribution < 1.29 is 37.6 Å². The number of carbonyl (C=O) groups excluding carboxylic acids is 2. The van der Waals surface area contributed by atoms with E-state index in [2.05, 4.69) is 67.0 Å². The van der Waals surface area contributed by atoms with Crippen molar-refractivity contribution in [2.24, 2.45) is 0 Å². The molecule has 0 saturated carbocycles. The summed E-state index contributed by atoms with van der Waals surface area (Å²) in [6.07, 6.45) is 50.2. The van der Waals surface area contributed by atoms with Crippen LogP contribution in [0.4, 0.5) is 0 Å². The number of hydrogen-bond acceptors (Lipinski definition) is 7. The molecule has 8 nitrogen and oxygen atoms in total. The van der Waals surface area contributed by atoms with E-state index >= 15 is 0 Å². The molecule has 0 aliphatic carbocycles. The molecule has 0 radical (unpaired) electrons. The van der Waals surface area contributed by atoms with E-state index in [9.17, 15) is 19.0 Å². The lowest BCUT2D eigenvalue weighted by Crippen LogP contribution is -2.29. The zero-order chi connectivity index (χ0) is 40.3. The number of allylic oxidation sites excluding steroid dienone is 8. The zero-order valence-corrected chi connectivity index (χ0v) is 36.5. The molecule has 0 aromatic rings. The Labute approximate surface area is 338 Å². The minimum Gasteiger partial charge on any atom is -0.462 e. The van der Waals surface area contributed by atoms with E-state index in [0.29, 0.717) is 6.42 Å². The molecule has 0 saturated heterocycles. The van der Waals surface area contributed by atoms with Gasteiger partial charge >= 0.3 is 19.8 Å². The van der Waals surface area contributed by atoms with Gasteiger partial charge in [-0.25, -0.2) is 4.57 Å². The first-order valence-corrected chi connectivity index (χ1v) is 23.8. The van der Waals surface area contributed by atoms with Crippen molar-refractivity contribution >= 4 is 19.8 Å². The van der Waals surface area contributed by atoms with Crippen LogP contribution in [-0.2, 0) is 32.7 Å². The van der Waals surface area contributed by atoms with Gasteiger partial charge in [-0.3, -0.25) is 18.6 Å². The van der Waals surface area contributed by atoms with Crippen LogP contribution in [0.25, 0.3) is 0 Å². The molecule has 0 spiro atoms. The lowest BCUT2D eigenvalue weighted by molar-refractivity contribution is -0.161. The number of hydrogen-bond donors (Lipinski definition) is 1. The van der Waals surface area contributed by atoms with Gasteiger partial charge in [0.1, 0.15) is 6.61 Å². The van der Waals surface area contributed by atoms with Crippen molar-refractivity contribution in [3.8, 4) is 0 Å². The van der Waals surface area contributed by atoms with Crippen LogP contribution in [0, 0.1) is 0 Å². The number of unbranched alkanes of at least 4 members (excludes halogenated alkanes) is 22. The molecule has 0 bridgehead atoms. The van der Waals surface area contributed by atoms with Gasteiger partial charge in [0.2, 0.25) is 0 Å². The molecule has 0 aliphatic rings. The lowest BCUT2D eigenvalue weighted by Gasteiger charge is -2.19. The monoisotopic (exact) mass is 795 g/mol. The van der Waals surface area contributed by atoms with Crippen LogP contribution < -0.4 is 0 Å². The molecule has 2 unspecified atom stereocenters. The first kappa shape index (κ1) is 53.0. The maximum Gasteiger partial charge on any atom is 0.472 e. The highest BCUT2D eigenvalue weighted by atomic mass is 31.2. The van der Waals surface area contributed by atoms with Crippen LogP contribution in [0.3, 0.4) is 0 Å². The fraction of sp³-hybridized carbons (Fsp3) is 0.783. The SMILES string of the molecule is CC/C=C\C/C=C\C/C=C\CCCCCCCC(=O)OC(COC(=O)CCCCCCCCCCC/C=C\CCCCCCCCCC)COP(=O)(O)OC. The van der Waals surface area contributed by atoms with Crippen LogP contribution in [-0.4, -0.2) is 43.3 Å². The topological polar surface area (TPSA) is 108 Å². The van der Waals surface area contributed by atoms with E-state index in [0.717, 1.165) is 77.7 Å². The summed E-state index contributed by atoms with van der Waals surface area (Å²) in [6, 6.07) is 0. The zero-order valence-electron chi connectivity index (χ0n) is 35.6. The molecular weight excluding hydrogens is 711 g/mol. The van der Waals surface area contributed by atoms with Crippen LogP contribution in [0.2, 0.25) is 0 Å². The van der Waals surface area contributed by atoms with Crippen molar-refractivity contribution in [3.63, 3.8) is 0 Å². The Hall–Kier alpha value is -1.99. The van der Waals surface area contributed by atoms with E-state index in [1.54, 1.807) is 0 Å². The molecule has 0 fully saturated rings. The standard InChI is InChI=1S/C46H83O8P/c1-4-6-8-10-12-14-16-18-20-21-22-23-24-25-27-28-30-32-34-36-38-40-45(47)52-42-44(43-53-55(49,50)51-3)54-46(48)41-39-37-35-33-31-29-26-19-17-15-13-11-9-7-5-2/h7,9,13,15,19,21-22,26,44H,4-6,8,10-12,14,16-18,20,23-25,27-43H2,1-3H3,(H,49,50)/b9-7-,15-13-,22-21-,26-19-. The number of ether oxygens (including phenoxy) is 2. The highest BCUT2D eigenvalue weighted by Crippen LogP contribution is 2.42. The molecule has 0 aliphatic heterocycles. The van der Waals surface area contributed by atoms with E-state index in [1.165, 1.54) is 103 Å². The Bertz CT molecular complexity index is 1040. The Morgan fingerprint density at radius 3 is 1.40 bits per heavy atom. The van der Waals surface area contributed by atoms with Gasteiger partial charge in [-0.2, -0.15) is 0 Å². The van der Waals surface area contributed by atoms with Gasteiger partial charge in [-0.05, 0) is 70.6 Å². The van der Waals surface area contributed by atoms with Crippen LogP contribution in [0.1, 0.15) is 206 Å². The lowest BCUT2D eigenvalue weighted by atomic mass is 10.1. The second kappa shape index (κ2) is 41.6. The Morgan fingerprint density at radius 1 is 0.527 bits per heavy atom. The Kier molecular flexibility index (Phi) is 40.1. The van der Waals surface area contributed by atoms with Gasteiger partial charge in [0.25, 0.3) is 0 Å². The smallest absolute Gasteiger partial charge is 0.462 e. The minimum atomic E-state index is -4.27. The predicted octanol–water partition coefficient (Wildman–Crippen LogP) is 14.2. The quantitative estimate of drug-likeness (QED) is 0.0282. The maximum absolute atomic E-state index is 12.5. The molecule has 0 rings (SSSR count). The Morgan fingerprint density at radius 2 is 0.927 bits per heavy atom. The van der Waals surface area contributed by atoms with Crippen molar-refractivity contribution in [1.29, 1.82) is 0 Å². The molecule has 1 N–H and O–H groups in total.